The minimum absolute atomic E-state index is 0.0252. The van der Waals surface area contributed by atoms with Gasteiger partial charge in [-0.1, -0.05) is 0 Å². The molecule has 0 fully saturated rings. The van der Waals surface area contributed by atoms with Crippen LogP contribution in [0.25, 0.3) is 0 Å². The number of nitrogens with one attached hydrogen (secondary N) is 1. The van der Waals surface area contributed by atoms with E-state index in [4.69, 9.17) is 4.42 Å². The molecule has 0 atom stereocenters. The van der Waals surface area contributed by atoms with E-state index in [1.54, 1.807) is 50.2 Å². The highest BCUT2D eigenvalue weighted by Crippen LogP contribution is 2.14. The Morgan fingerprint density at radius 3 is 2.24 bits per heavy atom. The molecule has 0 unspecified atom stereocenters. The molecular weight excluding hydrogens is 266 g/mol. The van der Waals surface area contributed by atoms with Crippen molar-refractivity contribution in [3.63, 3.8) is 0 Å². The number of benzene rings is 1. The van der Waals surface area contributed by atoms with E-state index in [0.717, 1.165) is 5.69 Å². The van der Waals surface area contributed by atoms with Gasteiger partial charge in [0.05, 0.1) is 0 Å². The topological polar surface area (TPSA) is 59.3 Å². The summed E-state index contributed by atoms with van der Waals surface area (Å²) in [6.07, 6.45) is 1.48. The lowest BCUT2D eigenvalue weighted by Crippen LogP contribution is -2.01. The summed E-state index contributed by atoms with van der Waals surface area (Å²) in [6.45, 7) is 5.12. The second-order valence-corrected chi connectivity index (χ2v) is 4.86. The van der Waals surface area contributed by atoms with Gasteiger partial charge in [0.2, 0.25) is 5.78 Å². The van der Waals surface area contributed by atoms with Crippen LogP contribution >= 0.6 is 0 Å². The molecule has 21 heavy (non-hydrogen) atoms. The maximum Gasteiger partial charge on any atom is 0.222 e. The molecule has 0 saturated carbocycles. The van der Waals surface area contributed by atoms with Crippen LogP contribution in [0, 0.1) is 6.92 Å². The highest BCUT2D eigenvalue weighted by Gasteiger charge is 2.07. The number of carbonyl (C=O) groups excluding carboxylic acids is 2. The molecule has 0 amide bonds. The van der Waals surface area contributed by atoms with Crippen LogP contribution in [0.1, 0.15) is 40.5 Å². The number of ketones is 2. The first-order chi connectivity index (χ1) is 9.95. The van der Waals surface area contributed by atoms with Crippen molar-refractivity contribution in [2.24, 2.45) is 0 Å². The van der Waals surface area contributed by atoms with Gasteiger partial charge < -0.3 is 9.73 Å². The molecule has 0 aliphatic carbocycles. The van der Waals surface area contributed by atoms with Crippen molar-refractivity contribution in [3.8, 4) is 0 Å². The molecule has 108 valence electrons. The van der Waals surface area contributed by atoms with Crippen molar-refractivity contribution in [2.75, 3.05) is 5.32 Å². The third-order valence-corrected chi connectivity index (χ3v) is 2.96. The van der Waals surface area contributed by atoms with Crippen molar-refractivity contribution >= 4 is 17.3 Å². The first-order valence-electron chi connectivity index (χ1n) is 6.63. The van der Waals surface area contributed by atoms with Crippen molar-refractivity contribution in [1.29, 1.82) is 0 Å². The molecule has 1 N–H and O–H groups in total. The summed E-state index contributed by atoms with van der Waals surface area (Å²) in [7, 11) is 0. The zero-order valence-electron chi connectivity index (χ0n) is 12.3. The average Bonchev–Trinajstić information content (AvgIpc) is 2.86. The van der Waals surface area contributed by atoms with E-state index in [1.165, 1.54) is 13.0 Å². The van der Waals surface area contributed by atoms with Crippen LogP contribution in [0.3, 0.4) is 0 Å². The van der Waals surface area contributed by atoms with E-state index in [1.807, 2.05) is 0 Å². The zero-order valence-corrected chi connectivity index (χ0v) is 12.3. The zero-order chi connectivity index (χ0) is 15.4. The highest BCUT2D eigenvalue weighted by atomic mass is 16.3. The largest absolute Gasteiger partial charge is 0.458 e. The number of Topliss-reactive ketones (excluding diaryl/α,β-unsaturated/α-hetero) is 1. The molecule has 4 nitrogen and oxygen atoms in total. The van der Waals surface area contributed by atoms with Crippen molar-refractivity contribution in [3.05, 3.63) is 65.3 Å². The Bertz CT molecular complexity index is 693. The molecule has 0 spiro atoms. The first-order valence-corrected chi connectivity index (χ1v) is 6.63. The molecule has 0 radical (unpaired) electrons. The third kappa shape index (κ3) is 3.92. The Morgan fingerprint density at radius 2 is 1.71 bits per heavy atom. The molecular formula is C17H17NO3. The molecule has 2 aromatic rings. The predicted octanol–water partition coefficient (Wildman–Crippen LogP) is 3.99. The van der Waals surface area contributed by atoms with Crippen LogP contribution in [0.2, 0.25) is 0 Å². The lowest BCUT2D eigenvalue weighted by atomic mass is 10.1. The summed E-state index contributed by atoms with van der Waals surface area (Å²) in [5.41, 5.74) is 2.17. The molecule has 2 rings (SSSR count). The van der Waals surface area contributed by atoms with Crippen LogP contribution in [0.15, 0.2) is 52.6 Å². The van der Waals surface area contributed by atoms with Gasteiger partial charge in [-0.2, -0.15) is 0 Å². The standard InChI is InChI=1S/C17H17NO3/c1-11(10-16(20)17-9-4-12(2)21-17)18-15-7-5-14(6-8-15)13(3)19/h4-10,18H,1-3H3/b11-10+. The fourth-order valence-electron chi connectivity index (χ4n) is 1.89. The van der Waals surface area contributed by atoms with Crippen LogP contribution in [0.5, 0.6) is 0 Å². The molecule has 1 heterocycles. The predicted molar refractivity (Wildman–Crippen MR) is 81.6 cm³/mol. The number of hydrogen-bond acceptors (Lipinski definition) is 4. The van der Waals surface area contributed by atoms with Crippen LogP contribution in [-0.2, 0) is 0 Å². The minimum atomic E-state index is -0.187. The Morgan fingerprint density at radius 1 is 1.05 bits per heavy atom. The van der Waals surface area contributed by atoms with E-state index in [-0.39, 0.29) is 11.6 Å². The van der Waals surface area contributed by atoms with Crippen molar-refractivity contribution < 1.29 is 14.0 Å². The van der Waals surface area contributed by atoms with Gasteiger partial charge in [0.25, 0.3) is 0 Å². The lowest BCUT2D eigenvalue weighted by Gasteiger charge is -2.06. The summed E-state index contributed by atoms with van der Waals surface area (Å²) in [5.74, 6) is 0.864. The maximum absolute atomic E-state index is 11.9. The molecule has 1 aromatic heterocycles. The summed E-state index contributed by atoms with van der Waals surface area (Å²) in [4.78, 5) is 23.1. The molecule has 0 saturated heterocycles. The van der Waals surface area contributed by atoms with E-state index in [2.05, 4.69) is 5.32 Å². The van der Waals surface area contributed by atoms with Crippen LogP contribution in [0.4, 0.5) is 5.69 Å². The number of rotatable bonds is 5. The smallest absolute Gasteiger partial charge is 0.222 e. The van der Waals surface area contributed by atoms with Gasteiger partial charge in [0.1, 0.15) is 5.76 Å². The molecule has 0 aliphatic heterocycles. The van der Waals surface area contributed by atoms with Crippen molar-refractivity contribution in [2.45, 2.75) is 20.8 Å². The van der Waals surface area contributed by atoms with E-state index in [0.29, 0.717) is 22.8 Å². The van der Waals surface area contributed by atoms with Gasteiger partial charge in [-0.3, -0.25) is 9.59 Å². The van der Waals surface area contributed by atoms with Gasteiger partial charge in [-0.25, -0.2) is 0 Å². The fourth-order valence-corrected chi connectivity index (χ4v) is 1.89. The Balaban J connectivity index is 2.06. The molecule has 1 aromatic carbocycles. The normalized spacial score (nSPS) is 11.3. The minimum Gasteiger partial charge on any atom is -0.458 e. The Hall–Kier alpha value is -2.62. The monoisotopic (exact) mass is 283 g/mol. The third-order valence-electron chi connectivity index (χ3n) is 2.96. The van der Waals surface area contributed by atoms with Gasteiger partial charge in [0.15, 0.2) is 11.5 Å². The fraction of sp³-hybridized carbons (Fsp3) is 0.176. The number of allylic oxidation sites excluding steroid dienone is 2. The van der Waals surface area contributed by atoms with Gasteiger partial charge in [-0.15, -0.1) is 0 Å². The number of carbonyl (C=O) groups is 2. The second-order valence-electron chi connectivity index (χ2n) is 4.86. The maximum atomic E-state index is 11.9. The number of aryl methyl sites for hydroxylation is 1. The summed E-state index contributed by atoms with van der Waals surface area (Å²) >= 11 is 0. The SMILES string of the molecule is CC(=O)c1ccc(N/C(C)=C/C(=O)c2ccc(C)o2)cc1. The van der Waals surface area contributed by atoms with E-state index < -0.39 is 0 Å². The van der Waals surface area contributed by atoms with Crippen LogP contribution in [-0.4, -0.2) is 11.6 Å². The molecule has 0 aliphatic rings. The first kappa shape index (κ1) is 14.8. The average molecular weight is 283 g/mol. The van der Waals surface area contributed by atoms with Gasteiger partial charge in [-0.05, 0) is 57.2 Å². The number of anilines is 1. The van der Waals surface area contributed by atoms with Crippen molar-refractivity contribution in [1.82, 2.24) is 0 Å². The number of furan rings is 1. The Labute approximate surface area is 123 Å². The van der Waals surface area contributed by atoms with Gasteiger partial charge >= 0.3 is 0 Å². The molecule has 4 heteroatoms. The Kier molecular flexibility index (Phi) is 4.38. The van der Waals surface area contributed by atoms with E-state index >= 15 is 0 Å². The lowest BCUT2D eigenvalue weighted by molar-refractivity contribution is 0.101. The van der Waals surface area contributed by atoms with E-state index in [9.17, 15) is 9.59 Å². The quantitative estimate of drug-likeness (QED) is 0.666. The highest BCUT2D eigenvalue weighted by molar-refractivity contribution is 6.03. The summed E-state index contributed by atoms with van der Waals surface area (Å²) in [5, 5.41) is 3.10. The summed E-state index contributed by atoms with van der Waals surface area (Å²) < 4.78 is 5.28. The molecule has 0 bridgehead atoms. The van der Waals surface area contributed by atoms with Gasteiger partial charge in [0, 0.05) is 23.0 Å². The number of hydrogen-bond donors (Lipinski definition) is 1. The summed E-state index contributed by atoms with van der Waals surface area (Å²) in [6, 6.07) is 10.5. The van der Waals surface area contributed by atoms with Crippen LogP contribution < -0.4 is 5.32 Å². The second kappa shape index (κ2) is 6.22.